The number of carbonyl (C=O) groups is 2. The number of nitrogens with one attached hydrogen (secondary N) is 1. The fraction of sp³-hybridized carbons (Fsp3) is 0.125. The molecule has 2 aromatic carbocycles. The lowest BCUT2D eigenvalue weighted by Gasteiger charge is -2.21. The Balaban J connectivity index is 2.01. The van der Waals surface area contributed by atoms with Gasteiger partial charge in [0.1, 0.15) is 0 Å². The van der Waals surface area contributed by atoms with Gasteiger partial charge in [-0.3, -0.25) is 9.59 Å². The first kappa shape index (κ1) is 15.0. The molecule has 0 spiro atoms. The van der Waals surface area contributed by atoms with E-state index in [4.69, 9.17) is 23.2 Å². The van der Waals surface area contributed by atoms with Gasteiger partial charge in [-0.2, -0.15) is 0 Å². The first-order chi connectivity index (χ1) is 10.4. The van der Waals surface area contributed by atoms with Crippen molar-refractivity contribution < 1.29 is 14.7 Å². The number of fused-ring (bicyclic) bond motifs is 1. The summed E-state index contributed by atoms with van der Waals surface area (Å²) < 4.78 is 0. The molecule has 1 aliphatic heterocycles. The molecule has 1 amide bonds. The lowest BCUT2D eigenvalue weighted by molar-refractivity contribution is -0.133. The molecule has 0 saturated carbocycles. The van der Waals surface area contributed by atoms with Crippen LogP contribution in [0.5, 0.6) is 0 Å². The fourth-order valence-corrected chi connectivity index (χ4v) is 3.21. The van der Waals surface area contributed by atoms with Crippen LogP contribution in [0, 0.1) is 0 Å². The quantitative estimate of drug-likeness (QED) is 0.844. The number of Topliss-reactive ketones (excluding diaryl/α,β-unsaturated/α-hetero) is 1. The number of halogens is 2. The molecule has 4 nitrogen and oxygen atoms in total. The molecule has 2 N–H and O–H groups in total. The van der Waals surface area contributed by atoms with E-state index >= 15 is 0 Å². The van der Waals surface area contributed by atoms with Crippen molar-refractivity contribution in [2.45, 2.75) is 12.0 Å². The topological polar surface area (TPSA) is 66.4 Å². The van der Waals surface area contributed by atoms with Gasteiger partial charge in [0, 0.05) is 16.1 Å². The number of anilines is 1. The van der Waals surface area contributed by atoms with E-state index in [-0.39, 0.29) is 16.4 Å². The van der Waals surface area contributed by atoms with Gasteiger partial charge in [-0.25, -0.2) is 0 Å². The van der Waals surface area contributed by atoms with E-state index < -0.39 is 17.9 Å². The van der Waals surface area contributed by atoms with Crippen molar-refractivity contribution in [3.8, 4) is 0 Å². The van der Waals surface area contributed by atoms with Crippen molar-refractivity contribution in [2.24, 2.45) is 0 Å². The largest absolute Gasteiger partial charge is 0.375 e. The van der Waals surface area contributed by atoms with Crippen molar-refractivity contribution in [1.29, 1.82) is 0 Å². The van der Waals surface area contributed by atoms with Crippen LogP contribution in [0.25, 0.3) is 0 Å². The highest BCUT2D eigenvalue weighted by atomic mass is 35.5. The van der Waals surface area contributed by atoms with E-state index in [1.165, 1.54) is 12.1 Å². The van der Waals surface area contributed by atoms with Crippen molar-refractivity contribution >= 4 is 40.6 Å². The average Bonchev–Trinajstić information content (AvgIpc) is 2.70. The average molecular weight is 336 g/mol. The van der Waals surface area contributed by atoms with Crippen LogP contribution >= 0.6 is 23.2 Å². The van der Waals surface area contributed by atoms with Gasteiger partial charge in [-0.05, 0) is 12.1 Å². The maximum atomic E-state index is 12.3. The number of hydrogen-bond donors (Lipinski definition) is 2. The first-order valence-corrected chi connectivity index (χ1v) is 7.29. The van der Waals surface area contributed by atoms with E-state index in [2.05, 4.69) is 5.32 Å². The Labute approximate surface area is 136 Å². The molecular formula is C16H11Cl2NO3. The summed E-state index contributed by atoms with van der Waals surface area (Å²) in [7, 11) is 0. The van der Waals surface area contributed by atoms with Gasteiger partial charge in [0.25, 0.3) is 5.91 Å². The zero-order valence-electron chi connectivity index (χ0n) is 11.3. The second-order valence-electron chi connectivity index (χ2n) is 5.09. The fourth-order valence-electron chi connectivity index (χ4n) is 2.56. The highest BCUT2D eigenvalue weighted by Crippen LogP contribution is 2.44. The normalized spacial score (nSPS) is 19.7. The molecular weight excluding hydrogens is 325 g/mol. The third-order valence-electron chi connectivity index (χ3n) is 3.60. The molecule has 0 saturated heterocycles. The predicted molar refractivity (Wildman–Crippen MR) is 84.4 cm³/mol. The third kappa shape index (κ3) is 2.39. The SMILES string of the molecule is O=C(C[C@@]1(O)C(=O)Nc2cc(Cl)cc(Cl)c21)c1ccccc1. The van der Waals surface area contributed by atoms with Crippen LogP contribution in [0.3, 0.4) is 0 Å². The first-order valence-electron chi connectivity index (χ1n) is 6.53. The molecule has 112 valence electrons. The van der Waals surface area contributed by atoms with Crippen LogP contribution in [0.15, 0.2) is 42.5 Å². The molecule has 6 heteroatoms. The molecule has 2 aromatic rings. The summed E-state index contributed by atoms with van der Waals surface area (Å²) >= 11 is 12.0. The molecule has 1 heterocycles. The number of aliphatic hydroxyl groups is 1. The molecule has 0 bridgehead atoms. The number of rotatable bonds is 3. The molecule has 0 unspecified atom stereocenters. The van der Waals surface area contributed by atoms with Gasteiger partial charge in [-0.15, -0.1) is 0 Å². The molecule has 22 heavy (non-hydrogen) atoms. The number of hydrogen-bond acceptors (Lipinski definition) is 3. The van der Waals surface area contributed by atoms with Crippen molar-refractivity contribution in [3.05, 3.63) is 63.6 Å². The Morgan fingerprint density at radius 1 is 1.18 bits per heavy atom. The van der Waals surface area contributed by atoms with Crippen LogP contribution in [0.4, 0.5) is 5.69 Å². The summed E-state index contributed by atoms with van der Waals surface area (Å²) in [4.78, 5) is 24.5. The minimum absolute atomic E-state index is 0.143. The highest BCUT2D eigenvalue weighted by molar-refractivity contribution is 6.36. The zero-order valence-corrected chi connectivity index (χ0v) is 12.8. The molecule has 1 atom stereocenters. The predicted octanol–water partition coefficient (Wildman–Crippen LogP) is 3.41. The van der Waals surface area contributed by atoms with E-state index in [1.807, 2.05) is 0 Å². The summed E-state index contributed by atoms with van der Waals surface area (Å²) in [6, 6.07) is 11.4. The Hall–Kier alpha value is -1.88. The number of ketones is 1. The van der Waals surface area contributed by atoms with Crippen molar-refractivity contribution in [1.82, 2.24) is 0 Å². The molecule has 0 aromatic heterocycles. The summed E-state index contributed by atoms with van der Waals surface area (Å²) in [6.07, 6.45) is -0.392. The molecule has 1 aliphatic rings. The minimum Gasteiger partial charge on any atom is -0.375 e. The van der Waals surface area contributed by atoms with E-state index in [0.29, 0.717) is 16.3 Å². The Bertz CT molecular complexity index is 776. The van der Waals surface area contributed by atoms with Crippen LogP contribution in [-0.4, -0.2) is 16.8 Å². The lowest BCUT2D eigenvalue weighted by atomic mass is 9.88. The minimum atomic E-state index is -2.00. The van der Waals surface area contributed by atoms with Crippen molar-refractivity contribution in [2.75, 3.05) is 5.32 Å². The molecule has 3 rings (SSSR count). The summed E-state index contributed by atoms with van der Waals surface area (Å²) in [5, 5.41) is 13.8. The van der Waals surface area contributed by atoms with E-state index in [0.717, 1.165) is 0 Å². The van der Waals surface area contributed by atoms with Gasteiger partial charge in [0.15, 0.2) is 11.4 Å². The molecule has 0 fully saturated rings. The number of carbonyl (C=O) groups excluding carboxylic acids is 2. The second-order valence-corrected chi connectivity index (χ2v) is 5.93. The monoisotopic (exact) mass is 335 g/mol. The van der Waals surface area contributed by atoms with Gasteiger partial charge >= 0.3 is 0 Å². The van der Waals surface area contributed by atoms with Gasteiger partial charge in [0.05, 0.1) is 17.1 Å². The standard InChI is InChI=1S/C16H11Cl2NO3/c17-10-6-11(18)14-12(7-10)19-15(21)16(14,22)8-13(20)9-4-2-1-3-5-9/h1-7,22H,8H2,(H,19,21)/t16-/m0/s1. The van der Waals surface area contributed by atoms with Crippen LogP contribution in [0.2, 0.25) is 10.0 Å². The Morgan fingerprint density at radius 2 is 1.86 bits per heavy atom. The van der Waals surface area contributed by atoms with Crippen LogP contribution in [0.1, 0.15) is 22.3 Å². The Kier molecular flexibility index (Phi) is 3.68. The summed E-state index contributed by atoms with van der Waals surface area (Å²) in [5.41, 5.74) is -1.06. The molecule has 0 radical (unpaired) electrons. The highest BCUT2D eigenvalue weighted by Gasteiger charge is 2.48. The zero-order chi connectivity index (χ0) is 15.9. The van der Waals surface area contributed by atoms with Crippen LogP contribution < -0.4 is 5.32 Å². The Morgan fingerprint density at radius 3 is 2.55 bits per heavy atom. The maximum absolute atomic E-state index is 12.3. The third-order valence-corrected chi connectivity index (χ3v) is 4.12. The summed E-state index contributed by atoms with van der Waals surface area (Å²) in [6.45, 7) is 0. The number of benzene rings is 2. The maximum Gasteiger partial charge on any atom is 0.261 e. The van der Waals surface area contributed by atoms with Gasteiger partial charge < -0.3 is 10.4 Å². The van der Waals surface area contributed by atoms with Gasteiger partial charge in [0.2, 0.25) is 0 Å². The van der Waals surface area contributed by atoms with E-state index in [9.17, 15) is 14.7 Å². The van der Waals surface area contributed by atoms with Crippen molar-refractivity contribution in [3.63, 3.8) is 0 Å². The summed E-state index contributed by atoms with van der Waals surface area (Å²) in [5.74, 6) is -1.03. The van der Waals surface area contributed by atoms with E-state index in [1.54, 1.807) is 30.3 Å². The van der Waals surface area contributed by atoms with Gasteiger partial charge in [-0.1, -0.05) is 53.5 Å². The smallest absolute Gasteiger partial charge is 0.261 e. The molecule has 0 aliphatic carbocycles. The number of amides is 1. The lowest BCUT2D eigenvalue weighted by Crippen LogP contribution is -2.36. The second kappa shape index (κ2) is 5.39. The van der Waals surface area contributed by atoms with Crippen LogP contribution in [-0.2, 0) is 10.4 Å².